The van der Waals surface area contributed by atoms with E-state index in [1.165, 1.54) is 11.3 Å². The third-order valence-electron chi connectivity index (χ3n) is 2.51. The van der Waals surface area contributed by atoms with Crippen LogP contribution in [0.25, 0.3) is 0 Å². The van der Waals surface area contributed by atoms with Crippen LogP contribution in [0.15, 0.2) is 29.9 Å². The van der Waals surface area contributed by atoms with E-state index in [4.69, 9.17) is 0 Å². The van der Waals surface area contributed by atoms with Crippen molar-refractivity contribution < 1.29 is 9.36 Å². The first-order valence-electron chi connectivity index (χ1n) is 4.76. The smallest absolute Gasteiger partial charge is 0.253 e. The molecule has 2 aromatic rings. The molecule has 4 heteroatoms. The molecule has 15 heavy (non-hydrogen) atoms. The number of ketones is 1. The fourth-order valence-electron chi connectivity index (χ4n) is 1.44. The van der Waals surface area contributed by atoms with Gasteiger partial charge in [0.25, 0.3) is 5.82 Å². The van der Waals surface area contributed by atoms with Crippen LogP contribution >= 0.6 is 11.3 Å². The zero-order valence-corrected chi connectivity index (χ0v) is 9.62. The second-order valence-corrected chi connectivity index (χ2v) is 4.43. The van der Waals surface area contributed by atoms with Gasteiger partial charge >= 0.3 is 0 Å². The van der Waals surface area contributed by atoms with Crippen molar-refractivity contribution in [1.82, 2.24) is 4.57 Å². The maximum atomic E-state index is 11.8. The molecule has 0 aliphatic rings. The first kappa shape index (κ1) is 10.1. The highest BCUT2D eigenvalue weighted by Crippen LogP contribution is 2.10. The number of carbonyl (C=O) groups excluding carboxylic acids is 1. The van der Waals surface area contributed by atoms with Crippen molar-refractivity contribution >= 4 is 17.1 Å². The Hall–Kier alpha value is -1.42. The molecule has 2 aromatic heterocycles. The molecular weight excluding hydrogens is 208 g/mol. The minimum absolute atomic E-state index is 0.171. The minimum atomic E-state index is 0.171. The summed E-state index contributed by atoms with van der Waals surface area (Å²) in [6.45, 7) is 2.43. The number of rotatable bonds is 3. The van der Waals surface area contributed by atoms with Crippen molar-refractivity contribution in [2.45, 2.75) is 13.5 Å². The Kier molecular flexibility index (Phi) is 2.68. The van der Waals surface area contributed by atoms with Gasteiger partial charge in [-0.3, -0.25) is 4.79 Å². The molecule has 0 fully saturated rings. The van der Waals surface area contributed by atoms with Gasteiger partial charge in [0.05, 0.1) is 11.9 Å². The Morgan fingerprint density at radius 2 is 2.40 bits per heavy atom. The third-order valence-corrected chi connectivity index (χ3v) is 3.42. The summed E-state index contributed by atoms with van der Waals surface area (Å²) in [5.74, 6) is 1.25. The van der Waals surface area contributed by atoms with Gasteiger partial charge in [0, 0.05) is 6.92 Å². The fourth-order valence-corrected chi connectivity index (χ4v) is 2.09. The van der Waals surface area contributed by atoms with Crippen LogP contribution in [0.4, 0.5) is 0 Å². The van der Waals surface area contributed by atoms with Gasteiger partial charge in [0.1, 0.15) is 12.4 Å². The van der Waals surface area contributed by atoms with Crippen molar-refractivity contribution in [2.24, 2.45) is 7.05 Å². The second-order valence-electron chi connectivity index (χ2n) is 3.48. The Morgan fingerprint density at radius 3 is 2.93 bits per heavy atom. The van der Waals surface area contributed by atoms with E-state index in [1.54, 1.807) is 0 Å². The Balaban J connectivity index is 2.16. The number of carbonyl (C=O) groups is 1. The SMILES string of the molecule is Cc1n(CC(=O)c2cccs2)cc[n+]1C. The van der Waals surface area contributed by atoms with Crippen LogP contribution in [-0.2, 0) is 13.6 Å². The number of imidazole rings is 1. The molecule has 0 aromatic carbocycles. The van der Waals surface area contributed by atoms with Crippen LogP contribution in [0.1, 0.15) is 15.5 Å². The zero-order valence-electron chi connectivity index (χ0n) is 8.80. The standard InChI is InChI=1S/C11H13N2OS/c1-9-12(2)5-6-13(9)8-10(14)11-4-3-7-15-11/h3-7H,8H2,1-2H3/q+1. The lowest BCUT2D eigenvalue weighted by molar-refractivity contribution is -0.677. The molecule has 0 amide bonds. The molecule has 0 saturated heterocycles. The van der Waals surface area contributed by atoms with E-state index in [1.807, 2.05) is 53.0 Å². The molecule has 0 radical (unpaired) electrons. The van der Waals surface area contributed by atoms with Crippen LogP contribution in [0.5, 0.6) is 0 Å². The molecule has 0 atom stereocenters. The molecule has 2 heterocycles. The largest absolute Gasteiger partial charge is 0.289 e. The molecule has 3 nitrogen and oxygen atoms in total. The van der Waals surface area contributed by atoms with Gasteiger partial charge in [-0.1, -0.05) is 6.07 Å². The maximum absolute atomic E-state index is 11.8. The molecule has 0 bridgehead atoms. The summed E-state index contributed by atoms with van der Waals surface area (Å²) in [6, 6.07) is 3.77. The van der Waals surface area contributed by atoms with Crippen molar-refractivity contribution in [1.29, 1.82) is 0 Å². The minimum Gasteiger partial charge on any atom is -0.289 e. The van der Waals surface area contributed by atoms with Crippen LogP contribution in [0, 0.1) is 6.92 Å². The number of thiophene rings is 1. The van der Waals surface area contributed by atoms with Gasteiger partial charge in [0.15, 0.2) is 6.54 Å². The number of Topliss-reactive ketones (excluding diaryl/α,β-unsaturated/α-hetero) is 1. The molecule has 0 N–H and O–H groups in total. The first-order chi connectivity index (χ1) is 7.18. The van der Waals surface area contributed by atoms with Crippen LogP contribution < -0.4 is 4.57 Å². The maximum Gasteiger partial charge on any atom is 0.253 e. The normalized spacial score (nSPS) is 10.5. The van der Waals surface area contributed by atoms with Crippen molar-refractivity contribution in [2.75, 3.05) is 0 Å². The summed E-state index contributed by atoms with van der Waals surface area (Å²) >= 11 is 1.49. The summed E-state index contributed by atoms with van der Waals surface area (Å²) in [6.07, 6.45) is 3.89. The predicted octanol–water partition coefficient (Wildman–Crippen LogP) is 1.57. The summed E-state index contributed by atoms with van der Waals surface area (Å²) in [5.41, 5.74) is 0. The van der Waals surface area contributed by atoms with E-state index in [-0.39, 0.29) is 5.78 Å². The lowest BCUT2D eigenvalue weighted by Gasteiger charge is -1.96. The van der Waals surface area contributed by atoms with Gasteiger partial charge in [-0.05, 0) is 11.4 Å². The highest BCUT2D eigenvalue weighted by Gasteiger charge is 2.14. The molecule has 0 aliphatic heterocycles. The van der Waals surface area contributed by atoms with E-state index in [0.29, 0.717) is 6.54 Å². The predicted molar refractivity (Wildman–Crippen MR) is 59.0 cm³/mol. The zero-order chi connectivity index (χ0) is 10.8. The lowest BCUT2D eigenvalue weighted by Crippen LogP contribution is -2.30. The Bertz CT molecular complexity index is 471. The number of nitrogens with zero attached hydrogens (tertiary/aromatic N) is 2. The lowest BCUT2D eigenvalue weighted by atomic mass is 10.3. The summed E-state index contributed by atoms with van der Waals surface area (Å²) in [5, 5.41) is 1.93. The topological polar surface area (TPSA) is 25.9 Å². The fraction of sp³-hybridized carbons (Fsp3) is 0.273. The highest BCUT2D eigenvalue weighted by atomic mass is 32.1. The first-order valence-corrected chi connectivity index (χ1v) is 5.64. The molecule has 0 aliphatic carbocycles. The van der Waals surface area contributed by atoms with Gasteiger partial charge in [-0.2, -0.15) is 0 Å². The molecular formula is C11H13N2OS+. The summed E-state index contributed by atoms with van der Waals surface area (Å²) in [7, 11) is 1.97. The number of hydrogen-bond acceptors (Lipinski definition) is 2. The van der Waals surface area contributed by atoms with E-state index in [9.17, 15) is 4.79 Å². The van der Waals surface area contributed by atoms with Crippen molar-refractivity contribution in [3.63, 3.8) is 0 Å². The molecule has 78 valence electrons. The monoisotopic (exact) mass is 221 g/mol. The van der Waals surface area contributed by atoms with E-state index < -0.39 is 0 Å². The van der Waals surface area contributed by atoms with E-state index in [0.717, 1.165) is 10.7 Å². The number of aryl methyl sites for hydroxylation is 1. The number of aromatic nitrogens is 2. The van der Waals surface area contributed by atoms with Crippen LogP contribution in [0.3, 0.4) is 0 Å². The average molecular weight is 221 g/mol. The number of hydrogen-bond donors (Lipinski definition) is 0. The quantitative estimate of drug-likeness (QED) is 0.570. The molecule has 2 rings (SSSR count). The summed E-state index contributed by atoms with van der Waals surface area (Å²) < 4.78 is 3.96. The highest BCUT2D eigenvalue weighted by molar-refractivity contribution is 7.12. The van der Waals surface area contributed by atoms with Crippen LogP contribution in [-0.4, -0.2) is 10.4 Å². The van der Waals surface area contributed by atoms with E-state index in [2.05, 4.69) is 0 Å². The Labute approximate surface area is 92.6 Å². The van der Waals surface area contributed by atoms with Gasteiger partial charge in [-0.25, -0.2) is 9.13 Å². The van der Waals surface area contributed by atoms with Gasteiger partial charge in [-0.15, -0.1) is 11.3 Å². The Morgan fingerprint density at radius 1 is 1.60 bits per heavy atom. The molecule has 0 unspecified atom stereocenters. The molecule has 0 spiro atoms. The third kappa shape index (κ3) is 1.99. The van der Waals surface area contributed by atoms with Gasteiger partial charge in [0.2, 0.25) is 5.78 Å². The summed E-state index contributed by atoms with van der Waals surface area (Å²) in [4.78, 5) is 12.6. The van der Waals surface area contributed by atoms with Crippen molar-refractivity contribution in [3.8, 4) is 0 Å². The molecule has 0 saturated carbocycles. The van der Waals surface area contributed by atoms with Crippen molar-refractivity contribution in [3.05, 3.63) is 40.6 Å². The van der Waals surface area contributed by atoms with Gasteiger partial charge < -0.3 is 0 Å². The van der Waals surface area contributed by atoms with Crippen LogP contribution in [0.2, 0.25) is 0 Å². The second kappa shape index (κ2) is 3.98. The van der Waals surface area contributed by atoms with E-state index >= 15 is 0 Å². The average Bonchev–Trinajstić information content (AvgIpc) is 2.83.